The zero-order chi connectivity index (χ0) is 30.9. The first-order valence-electron chi connectivity index (χ1n) is 16.4. The van der Waals surface area contributed by atoms with Crippen molar-refractivity contribution < 1.29 is 14.2 Å². The van der Waals surface area contributed by atoms with Gasteiger partial charge in [0.15, 0.2) is 0 Å². The molecular weight excluding hydrogens is 546 g/mol. The van der Waals surface area contributed by atoms with Crippen molar-refractivity contribution in [2.45, 2.75) is 110 Å². The fourth-order valence-electron chi connectivity index (χ4n) is 9.50. The minimum absolute atomic E-state index is 0.0120. The van der Waals surface area contributed by atoms with Crippen LogP contribution in [0.5, 0.6) is 0 Å². The zero-order valence-electron chi connectivity index (χ0n) is 26.6. The van der Waals surface area contributed by atoms with Crippen molar-refractivity contribution in [1.82, 2.24) is 0 Å². The molecule has 4 fully saturated rings. The van der Waals surface area contributed by atoms with Crippen molar-refractivity contribution in [3.05, 3.63) is 43.2 Å². The normalized spacial score (nSPS) is 36.3. The second kappa shape index (κ2) is 15.7. The Morgan fingerprint density at radius 3 is 2.16 bits per heavy atom. The summed E-state index contributed by atoms with van der Waals surface area (Å²) in [4.78, 5) is 8.74. The van der Waals surface area contributed by atoms with Gasteiger partial charge in [0.25, 0.3) is 0 Å². The minimum Gasteiger partial charge on any atom is -0.378 e. The lowest BCUT2D eigenvalue weighted by Gasteiger charge is -2.64. The summed E-state index contributed by atoms with van der Waals surface area (Å²) in [5.74, 6) is 4.96. The van der Waals surface area contributed by atoms with Crippen LogP contribution >= 0.6 is 0 Å². The van der Waals surface area contributed by atoms with Gasteiger partial charge in [0.05, 0.1) is 38.1 Å². The Balaban J connectivity index is 1.65. The largest absolute Gasteiger partial charge is 0.378 e. The maximum Gasteiger partial charge on any atom is 0.0649 e. The molecule has 4 aliphatic carbocycles. The van der Waals surface area contributed by atoms with Crippen LogP contribution in [0.25, 0.3) is 31.3 Å². The Morgan fingerprint density at radius 2 is 1.51 bits per heavy atom. The third kappa shape index (κ3) is 7.22. The highest BCUT2D eigenvalue weighted by Gasteiger charge is 2.67. The van der Waals surface area contributed by atoms with Gasteiger partial charge in [-0.05, 0) is 96.5 Å². The van der Waals surface area contributed by atoms with Gasteiger partial charge in [-0.1, -0.05) is 62.3 Å². The van der Waals surface area contributed by atoms with Crippen LogP contribution in [-0.4, -0.2) is 57.8 Å². The van der Waals surface area contributed by atoms with Crippen LogP contribution in [0, 0.1) is 46.3 Å². The molecule has 4 aliphatic rings. The van der Waals surface area contributed by atoms with Crippen LogP contribution in [0.2, 0.25) is 0 Å². The molecule has 2 radical (unpaired) electrons. The maximum atomic E-state index is 8.88. The molecule has 0 amide bonds. The molecule has 0 spiro atoms. The minimum atomic E-state index is -0.0167. The first-order chi connectivity index (χ1) is 20.8. The molecule has 12 nitrogen and oxygen atoms in total. The van der Waals surface area contributed by atoms with Crippen LogP contribution < -0.4 is 0 Å². The Morgan fingerprint density at radius 1 is 0.860 bits per heavy atom. The fourth-order valence-corrected chi connectivity index (χ4v) is 9.50. The molecule has 0 aromatic carbocycles. The van der Waals surface area contributed by atoms with Crippen molar-refractivity contribution in [3.8, 4) is 0 Å². The zero-order valence-corrected chi connectivity index (χ0v) is 26.6. The summed E-state index contributed by atoms with van der Waals surface area (Å²) in [6.07, 6.45) is 10.9. The Kier molecular flexibility index (Phi) is 12.3. The van der Waals surface area contributed by atoms with Gasteiger partial charge in [-0.2, -0.15) is 0 Å². The summed E-state index contributed by atoms with van der Waals surface area (Å²) in [7, 11) is 0. The van der Waals surface area contributed by atoms with Gasteiger partial charge in [0, 0.05) is 45.7 Å². The van der Waals surface area contributed by atoms with E-state index in [1.807, 2.05) is 0 Å². The third-order valence-electron chi connectivity index (χ3n) is 11.6. The molecule has 9 atom stereocenters. The third-order valence-corrected chi connectivity index (χ3v) is 11.6. The average Bonchev–Trinajstić information content (AvgIpc) is 3.37. The Hall–Kier alpha value is -2.19. The molecule has 0 aromatic heterocycles. The molecule has 4 rings (SSSR count). The lowest BCUT2D eigenvalue weighted by Crippen LogP contribution is -2.62. The highest BCUT2D eigenvalue weighted by molar-refractivity contribution is 5.32. The lowest BCUT2D eigenvalue weighted by atomic mass is 9.43. The van der Waals surface area contributed by atoms with Gasteiger partial charge in [-0.15, -0.1) is 0 Å². The molecule has 0 aliphatic heterocycles. The summed E-state index contributed by atoms with van der Waals surface area (Å²) in [6.45, 7) is 11.9. The van der Waals surface area contributed by atoms with Crippen molar-refractivity contribution in [2.75, 3.05) is 39.5 Å². The van der Waals surface area contributed by atoms with Gasteiger partial charge >= 0.3 is 0 Å². The first kappa shape index (κ1) is 33.7. The van der Waals surface area contributed by atoms with E-state index in [1.165, 1.54) is 31.6 Å². The maximum absolute atomic E-state index is 8.88. The average molecular weight is 598 g/mol. The van der Waals surface area contributed by atoms with Crippen LogP contribution in [0.3, 0.4) is 0 Å². The molecule has 0 bridgehead atoms. The van der Waals surface area contributed by atoms with Gasteiger partial charge in [-0.25, -0.2) is 0 Å². The van der Waals surface area contributed by atoms with Crippen molar-refractivity contribution in [3.63, 3.8) is 0 Å². The highest BCUT2D eigenvalue weighted by Crippen LogP contribution is 2.70. The Bertz CT molecular complexity index is 1060. The summed E-state index contributed by atoms with van der Waals surface area (Å²) in [6, 6.07) is 0. The number of nitrogens with zero attached hydrogens (tertiary/aromatic N) is 9. The highest BCUT2D eigenvalue weighted by atomic mass is 16.5. The second-order valence-corrected chi connectivity index (χ2v) is 13.6. The van der Waals surface area contributed by atoms with E-state index in [9.17, 15) is 0 Å². The SMILES string of the molecule is CCCCC(C)C1CCC2[C]3C(OCCN=[N+]=[N-])C[C]4CC(OCCN=[N+]=[N-])CCC4(C)C3CC(OCCN=[N+]=[N-])C21C. The van der Waals surface area contributed by atoms with E-state index >= 15 is 0 Å². The number of unbranched alkanes of at least 4 members (excludes halogenated alkanes) is 1. The number of rotatable bonds is 16. The smallest absolute Gasteiger partial charge is 0.0649 e. The number of ether oxygens (including phenoxy) is 3. The lowest BCUT2D eigenvalue weighted by molar-refractivity contribution is -0.151. The fraction of sp³-hybridized carbons (Fsp3) is 0.935. The number of fused-ring (bicyclic) bond motifs is 5. The van der Waals surface area contributed by atoms with Gasteiger partial charge < -0.3 is 14.2 Å². The standard InChI is InChI=1S/C31H51N9O3/c1-5-6-7-21(2)24-8-9-25-29-26(20-28(31(24,25)4)43-17-14-37-40-34)30(3)11-10-23(41-15-12-35-38-32)18-22(30)19-27(29)42-16-13-36-39-33/h21,23-28H,5-20H2,1-4H3. The molecule has 0 saturated heterocycles. The second-order valence-electron chi connectivity index (χ2n) is 13.6. The van der Waals surface area contributed by atoms with E-state index < -0.39 is 0 Å². The molecule has 238 valence electrons. The number of azide groups is 3. The molecule has 43 heavy (non-hydrogen) atoms. The quantitative estimate of drug-likeness (QED) is 0.0750. The van der Waals surface area contributed by atoms with Crippen molar-refractivity contribution >= 4 is 0 Å². The monoisotopic (exact) mass is 597 g/mol. The van der Waals surface area contributed by atoms with E-state index in [4.69, 9.17) is 30.8 Å². The number of hydrogen-bond acceptors (Lipinski definition) is 6. The van der Waals surface area contributed by atoms with E-state index in [1.54, 1.807) is 5.92 Å². The van der Waals surface area contributed by atoms with E-state index in [0.717, 1.165) is 38.5 Å². The molecule has 9 unspecified atom stereocenters. The molecule has 0 N–H and O–H groups in total. The van der Waals surface area contributed by atoms with Gasteiger partial charge in [0.2, 0.25) is 0 Å². The van der Waals surface area contributed by atoms with E-state index in [-0.39, 0.29) is 29.1 Å². The first-order valence-corrected chi connectivity index (χ1v) is 16.4. The topological polar surface area (TPSA) is 174 Å². The van der Waals surface area contributed by atoms with E-state index in [2.05, 4.69) is 57.8 Å². The van der Waals surface area contributed by atoms with Crippen molar-refractivity contribution in [2.24, 2.45) is 49.8 Å². The van der Waals surface area contributed by atoms with E-state index in [0.29, 0.717) is 63.1 Å². The summed E-state index contributed by atoms with van der Waals surface area (Å²) < 4.78 is 19.6. The van der Waals surface area contributed by atoms with Gasteiger partial charge in [0.1, 0.15) is 0 Å². The van der Waals surface area contributed by atoms with Crippen LogP contribution in [0.15, 0.2) is 15.3 Å². The van der Waals surface area contributed by atoms with Crippen LogP contribution in [-0.2, 0) is 14.2 Å². The summed E-state index contributed by atoms with van der Waals surface area (Å²) in [5, 5.41) is 11.2. The molecule has 4 saturated carbocycles. The predicted molar refractivity (Wildman–Crippen MR) is 165 cm³/mol. The predicted octanol–water partition coefficient (Wildman–Crippen LogP) is 8.69. The van der Waals surface area contributed by atoms with Crippen molar-refractivity contribution in [1.29, 1.82) is 0 Å². The molecule has 0 aromatic rings. The van der Waals surface area contributed by atoms with Crippen LogP contribution in [0.4, 0.5) is 0 Å². The van der Waals surface area contributed by atoms with Crippen LogP contribution in [0.1, 0.15) is 91.9 Å². The molecule has 12 heteroatoms. The number of hydrogen-bond donors (Lipinski definition) is 0. The summed E-state index contributed by atoms with van der Waals surface area (Å²) >= 11 is 0. The molecular formula is C31H51N9O3. The molecule has 0 heterocycles. The van der Waals surface area contributed by atoms with Gasteiger partial charge in [-0.3, -0.25) is 0 Å². The Labute approximate surface area is 256 Å². The summed E-state index contributed by atoms with van der Waals surface area (Å²) in [5.41, 5.74) is 26.4.